The summed E-state index contributed by atoms with van der Waals surface area (Å²) in [4.78, 5) is 2.34. The lowest BCUT2D eigenvalue weighted by molar-refractivity contribution is 0.262. The highest BCUT2D eigenvalue weighted by molar-refractivity contribution is 6.18. The SMILES string of the molecule is Fc1cccc(CN2CCCC2CCl)c1. The number of nitrogens with zero attached hydrogens (tertiary/aromatic N) is 1. The van der Waals surface area contributed by atoms with Gasteiger partial charge in [-0.25, -0.2) is 4.39 Å². The van der Waals surface area contributed by atoms with E-state index in [2.05, 4.69) is 4.90 Å². The third kappa shape index (κ3) is 2.70. The first-order chi connectivity index (χ1) is 7.29. The number of halogens is 2. The summed E-state index contributed by atoms with van der Waals surface area (Å²) in [6.45, 7) is 1.89. The molecule has 1 fully saturated rings. The summed E-state index contributed by atoms with van der Waals surface area (Å²) < 4.78 is 13.0. The maximum atomic E-state index is 13.0. The lowest BCUT2D eigenvalue weighted by Crippen LogP contribution is -2.30. The number of alkyl halides is 1. The standard InChI is InChI=1S/C12H15ClFN/c13-8-12-5-2-6-15(12)9-10-3-1-4-11(14)7-10/h1,3-4,7,12H,2,5-6,8-9H2. The third-order valence-electron chi connectivity index (χ3n) is 2.95. The largest absolute Gasteiger partial charge is 0.295 e. The number of likely N-dealkylation sites (tertiary alicyclic amines) is 1. The Bertz CT molecular complexity index is 329. The van der Waals surface area contributed by atoms with Gasteiger partial charge in [-0.05, 0) is 37.1 Å². The van der Waals surface area contributed by atoms with Crippen molar-refractivity contribution in [3.05, 3.63) is 35.6 Å². The van der Waals surface area contributed by atoms with E-state index >= 15 is 0 Å². The highest BCUT2D eigenvalue weighted by Crippen LogP contribution is 2.21. The van der Waals surface area contributed by atoms with Gasteiger partial charge in [0.25, 0.3) is 0 Å². The van der Waals surface area contributed by atoms with Crippen LogP contribution in [0.2, 0.25) is 0 Å². The average Bonchev–Trinajstić information content (AvgIpc) is 2.65. The van der Waals surface area contributed by atoms with Crippen molar-refractivity contribution in [1.82, 2.24) is 4.90 Å². The van der Waals surface area contributed by atoms with Crippen molar-refractivity contribution in [2.24, 2.45) is 0 Å². The summed E-state index contributed by atoms with van der Waals surface area (Å²) in [6.07, 6.45) is 2.37. The van der Waals surface area contributed by atoms with Gasteiger partial charge in [0.05, 0.1) is 0 Å². The first-order valence-electron chi connectivity index (χ1n) is 5.34. The van der Waals surface area contributed by atoms with Gasteiger partial charge in [0.1, 0.15) is 5.82 Å². The van der Waals surface area contributed by atoms with Crippen LogP contribution in [-0.2, 0) is 6.54 Å². The van der Waals surface area contributed by atoms with E-state index in [1.165, 1.54) is 18.9 Å². The zero-order valence-corrected chi connectivity index (χ0v) is 9.38. The molecule has 0 radical (unpaired) electrons. The van der Waals surface area contributed by atoms with Gasteiger partial charge in [0.15, 0.2) is 0 Å². The molecule has 82 valence electrons. The minimum absolute atomic E-state index is 0.158. The van der Waals surface area contributed by atoms with Crippen LogP contribution in [0.5, 0.6) is 0 Å². The molecule has 0 amide bonds. The van der Waals surface area contributed by atoms with Gasteiger partial charge in [-0.3, -0.25) is 4.90 Å². The smallest absolute Gasteiger partial charge is 0.123 e. The summed E-state index contributed by atoms with van der Waals surface area (Å²) in [5, 5.41) is 0. The second kappa shape index (κ2) is 4.95. The van der Waals surface area contributed by atoms with Gasteiger partial charge in [0.2, 0.25) is 0 Å². The van der Waals surface area contributed by atoms with Crippen LogP contribution < -0.4 is 0 Å². The van der Waals surface area contributed by atoms with Crippen LogP contribution in [-0.4, -0.2) is 23.4 Å². The molecule has 1 aliphatic heterocycles. The Labute approximate surface area is 94.8 Å². The summed E-state index contributed by atoms with van der Waals surface area (Å²) in [5.41, 5.74) is 1.03. The van der Waals surface area contributed by atoms with E-state index in [0.29, 0.717) is 11.9 Å². The Balaban J connectivity index is 2.02. The van der Waals surface area contributed by atoms with E-state index in [1.54, 1.807) is 12.1 Å². The van der Waals surface area contributed by atoms with Gasteiger partial charge in [0, 0.05) is 18.5 Å². The summed E-state index contributed by atoms with van der Waals surface area (Å²) in [6, 6.07) is 7.27. The predicted molar refractivity (Wildman–Crippen MR) is 60.6 cm³/mol. The van der Waals surface area contributed by atoms with Gasteiger partial charge in [-0.15, -0.1) is 11.6 Å². The second-order valence-electron chi connectivity index (χ2n) is 4.05. The summed E-state index contributed by atoms with van der Waals surface area (Å²) >= 11 is 5.88. The summed E-state index contributed by atoms with van der Waals surface area (Å²) in [5.74, 6) is 0.518. The van der Waals surface area contributed by atoms with Crippen LogP contribution in [0, 0.1) is 5.82 Å². The van der Waals surface area contributed by atoms with Crippen LogP contribution >= 0.6 is 11.6 Å². The molecule has 1 atom stereocenters. The fraction of sp³-hybridized carbons (Fsp3) is 0.500. The molecular formula is C12H15ClFN. The van der Waals surface area contributed by atoms with E-state index < -0.39 is 0 Å². The Morgan fingerprint density at radius 3 is 3.07 bits per heavy atom. The van der Waals surface area contributed by atoms with Crippen LogP contribution in [0.3, 0.4) is 0 Å². The molecule has 0 spiro atoms. The lowest BCUT2D eigenvalue weighted by Gasteiger charge is -2.22. The molecule has 1 heterocycles. The van der Waals surface area contributed by atoms with Crippen molar-refractivity contribution in [2.75, 3.05) is 12.4 Å². The van der Waals surface area contributed by atoms with Gasteiger partial charge in [-0.2, -0.15) is 0 Å². The maximum absolute atomic E-state index is 13.0. The van der Waals surface area contributed by atoms with E-state index in [4.69, 9.17) is 11.6 Å². The summed E-state index contributed by atoms with van der Waals surface area (Å²) in [7, 11) is 0. The van der Waals surface area contributed by atoms with E-state index in [9.17, 15) is 4.39 Å². The molecule has 0 aliphatic carbocycles. The van der Waals surface area contributed by atoms with Crippen LogP contribution in [0.15, 0.2) is 24.3 Å². The topological polar surface area (TPSA) is 3.24 Å². The van der Waals surface area contributed by atoms with Gasteiger partial charge >= 0.3 is 0 Å². The Morgan fingerprint density at radius 1 is 1.47 bits per heavy atom. The number of rotatable bonds is 3. The quantitative estimate of drug-likeness (QED) is 0.718. The van der Waals surface area contributed by atoms with Gasteiger partial charge in [-0.1, -0.05) is 12.1 Å². The first-order valence-corrected chi connectivity index (χ1v) is 5.87. The molecule has 1 unspecified atom stereocenters. The first kappa shape index (κ1) is 10.9. The van der Waals surface area contributed by atoms with Gasteiger partial charge < -0.3 is 0 Å². The normalized spacial score (nSPS) is 22.1. The molecular weight excluding hydrogens is 213 g/mol. The van der Waals surface area contributed by atoms with Crippen molar-refractivity contribution in [3.8, 4) is 0 Å². The molecule has 3 heteroatoms. The molecule has 1 aromatic carbocycles. The number of hydrogen-bond donors (Lipinski definition) is 0. The molecule has 1 aromatic rings. The zero-order chi connectivity index (χ0) is 10.7. The highest BCUT2D eigenvalue weighted by Gasteiger charge is 2.23. The Hall–Kier alpha value is -0.600. The van der Waals surface area contributed by atoms with E-state index in [1.807, 2.05) is 6.07 Å². The molecule has 2 rings (SSSR count). The minimum Gasteiger partial charge on any atom is -0.295 e. The Kier molecular flexibility index (Phi) is 3.60. The van der Waals surface area contributed by atoms with Crippen molar-refractivity contribution in [3.63, 3.8) is 0 Å². The molecule has 15 heavy (non-hydrogen) atoms. The van der Waals surface area contributed by atoms with E-state index in [0.717, 1.165) is 18.7 Å². The fourth-order valence-electron chi connectivity index (χ4n) is 2.15. The van der Waals surface area contributed by atoms with Crippen molar-refractivity contribution >= 4 is 11.6 Å². The van der Waals surface area contributed by atoms with Crippen LogP contribution in [0.25, 0.3) is 0 Å². The van der Waals surface area contributed by atoms with Crippen molar-refractivity contribution in [1.29, 1.82) is 0 Å². The molecule has 1 aliphatic rings. The average molecular weight is 228 g/mol. The van der Waals surface area contributed by atoms with Crippen LogP contribution in [0.4, 0.5) is 4.39 Å². The molecule has 0 bridgehead atoms. The number of hydrogen-bond acceptors (Lipinski definition) is 1. The van der Waals surface area contributed by atoms with Crippen molar-refractivity contribution in [2.45, 2.75) is 25.4 Å². The van der Waals surface area contributed by atoms with Crippen molar-refractivity contribution < 1.29 is 4.39 Å². The minimum atomic E-state index is -0.158. The highest BCUT2D eigenvalue weighted by atomic mass is 35.5. The molecule has 1 saturated heterocycles. The number of benzene rings is 1. The fourth-order valence-corrected chi connectivity index (χ4v) is 2.50. The zero-order valence-electron chi connectivity index (χ0n) is 8.63. The van der Waals surface area contributed by atoms with Crippen LogP contribution in [0.1, 0.15) is 18.4 Å². The lowest BCUT2D eigenvalue weighted by atomic mass is 10.2. The monoisotopic (exact) mass is 227 g/mol. The maximum Gasteiger partial charge on any atom is 0.123 e. The molecule has 0 N–H and O–H groups in total. The predicted octanol–water partition coefficient (Wildman–Crippen LogP) is 3.03. The molecule has 0 aromatic heterocycles. The molecule has 1 nitrogen and oxygen atoms in total. The third-order valence-corrected chi connectivity index (χ3v) is 3.31. The van der Waals surface area contributed by atoms with E-state index in [-0.39, 0.29) is 5.82 Å². The Morgan fingerprint density at radius 2 is 2.33 bits per heavy atom. The molecule has 0 saturated carbocycles. The second-order valence-corrected chi connectivity index (χ2v) is 4.36.